The van der Waals surface area contributed by atoms with Crippen molar-refractivity contribution in [2.24, 2.45) is 11.1 Å². The minimum atomic E-state index is 0.417. The van der Waals surface area contributed by atoms with E-state index < -0.39 is 0 Å². The molecule has 52 valence electrons. The molecule has 0 aromatic carbocycles. The summed E-state index contributed by atoms with van der Waals surface area (Å²) in [5, 5.41) is 2.80. The first kappa shape index (κ1) is 8.34. The van der Waals surface area contributed by atoms with Crippen molar-refractivity contribution in [3.63, 3.8) is 0 Å². The van der Waals surface area contributed by atoms with Crippen LogP contribution < -0.4 is 0 Å². The molecule has 0 N–H and O–H groups in total. The van der Waals surface area contributed by atoms with Crippen LogP contribution in [0.15, 0.2) is 17.8 Å². The molecular weight excluding hydrogens is 114 g/mol. The largest absolute Gasteiger partial charge is 0.151 e. The van der Waals surface area contributed by atoms with E-state index in [2.05, 4.69) is 11.8 Å². The summed E-state index contributed by atoms with van der Waals surface area (Å²) < 4.78 is 0. The zero-order chi connectivity index (χ0) is 7.11. The molecule has 2 nitrogen and oxygen atoms in total. The number of hydrogen-bond acceptors (Lipinski definition) is 2. The van der Waals surface area contributed by atoms with Crippen LogP contribution in [0, 0.1) is 10.8 Å². The van der Waals surface area contributed by atoms with Crippen LogP contribution in [0.2, 0.25) is 0 Å². The lowest BCUT2D eigenvalue weighted by molar-refractivity contribution is 0.550. The van der Waals surface area contributed by atoms with Crippen molar-refractivity contribution < 1.29 is 0 Å². The Labute approximate surface area is 55.9 Å². The van der Waals surface area contributed by atoms with E-state index in [0.717, 1.165) is 12.8 Å². The molecule has 9 heavy (non-hydrogen) atoms. The minimum Gasteiger partial charge on any atom is -0.151 e. The molecule has 0 radical (unpaired) electrons. The maximum absolute atomic E-state index is 9.70. The summed E-state index contributed by atoms with van der Waals surface area (Å²) in [6, 6.07) is 0. The number of nitroso groups, excluding NO2 is 1. The van der Waals surface area contributed by atoms with Gasteiger partial charge in [0.2, 0.25) is 0 Å². The van der Waals surface area contributed by atoms with Gasteiger partial charge in [-0.2, -0.15) is 4.91 Å². The lowest BCUT2D eigenvalue weighted by Crippen LogP contribution is -1.96. The van der Waals surface area contributed by atoms with E-state index in [-0.39, 0.29) is 0 Å². The van der Waals surface area contributed by atoms with Crippen LogP contribution in [0.1, 0.15) is 19.8 Å². The van der Waals surface area contributed by atoms with Crippen LogP contribution >= 0.6 is 0 Å². The quantitative estimate of drug-likeness (QED) is 0.411. The zero-order valence-corrected chi connectivity index (χ0v) is 5.84. The van der Waals surface area contributed by atoms with Gasteiger partial charge in [-0.05, 0) is 18.8 Å². The maximum atomic E-state index is 9.70. The van der Waals surface area contributed by atoms with E-state index in [4.69, 9.17) is 0 Å². The van der Waals surface area contributed by atoms with Crippen molar-refractivity contribution in [2.45, 2.75) is 19.8 Å². The predicted octanol–water partition coefficient (Wildman–Crippen LogP) is 2.36. The van der Waals surface area contributed by atoms with Gasteiger partial charge in [0.15, 0.2) is 0 Å². The maximum Gasteiger partial charge on any atom is 0.0836 e. The highest BCUT2D eigenvalue weighted by molar-refractivity contribution is 4.68. The Morgan fingerprint density at radius 1 is 1.78 bits per heavy atom. The van der Waals surface area contributed by atoms with Crippen LogP contribution in [0.3, 0.4) is 0 Å². The van der Waals surface area contributed by atoms with Crippen LogP contribution in [0.5, 0.6) is 0 Å². The Hall–Kier alpha value is -0.660. The summed E-state index contributed by atoms with van der Waals surface area (Å²) in [6.07, 6.45) is 3.87. The van der Waals surface area contributed by atoms with Crippen molar-refractivity contribution in [3.05, 3.63) is 17.6 Å². The smallest absolute Gasteiger partial charge is 0.0836 e. The number of hydrogen-bond donors (Lipinski definition) is 0. The van der Waals surface area contributed by atoms with Crippen molar-refractivity contribution in [3.8, 4) is 0 Å². The molecule has 0 aliphatic carbocycles. The molecule has 0 aliphatic rings. The standard InChI is InChI=1S/C7H13NO/c1-3-4-5-7(2)6-8-9/h3,7H,1,4-6H2,2H3. The average Bonchev–Trinajstić information content (AvgIpc) is 1.85. The summed E-state index contributed by atoms with van der Waals surface area (Å²) in [5.74, 6) is 0.417. The van der Waals surface area contributed by atoms with Gasteiger partial charge in [0.1, 0.15) is 0 Å². The molecule has 0 spiro atoms. The van der Waals surface area contributed by atoms with E-state index in [1.54, 1.807) is 0 Å². The average molecular weight is 127 g/mol. The van der Waals surface area contributed by atoms with E-state index in [1.165, 1.54) is 0 Å². The predicted molar refractivity (Wildman–Crippen MR) is 39.3 cm³/mol. The molecule has 0 rings (SSSR count). The lowest BCUT2D eigenvalue weighted by atomic mass is 10.1. The van der Waals surface area contributed by atoms with E-state index in [0.29, 0.717) is 12.5 Å². The summed E-state index contributed by atoms with van der Waals surface area (Å²) in [6.45, 7) is 6.04. The third kappa shape index (κ3) is 5.21. The van der Waals surface area contributed by atoms with E-state index >= 15 is 0 Å². The lowest BCUT2D eigenvalue weighted by Gasteiger charge is -2.01. The molecule has 0 heterocycles. The van der Waals surface area contributed by atoms with Gasteiger partial charge in [-0.1, -0.05) is 18.2 Å². The summed E-state index contributed by atoms with van der Waals surface area (Å²) >= 11 is 0. The molecule has 0 bridgehead atoms. The van der Waals surface area contributed by atoms with Crippen molar-refractivity contribution in [1.82, 2.24) is 0 Å². The first-order chi connectivity index (χ1) is 4.31. The highest BCUT2D eigenvalue weighted by Gasteiger charge is 1.98. The summed E-state index contributed by atoms with van der Waals surface area (Å²) in [5.41, 5.74) is 0. The van der Waals surface area contributed by atoms with Gasteiger partial charge in [-0.25, -0.2) is 0 Å². The van der Waals surface area contributed by atoms with Crippen LogP contribution in [0.25, 0.3) is 0 Å². The van der Waals surface area contributed by atoms with Crippen LogP contribution in [-0.2, 0) is 0 Å². The molecule has 1 atom stereocenters. The highest BCUT2D eigenvalue weighted by Crippen LogP contribution is 2.04. The highest BCUT2D eigenvalue weighted by atomic mass is 16.3. The van der Waals surface area contributed by atoms with Gasteiger partial charge in [-0.3, -0.25) is 0 Å². The fourth-order valence-corrected chi connectivity index (χ4v) is 0.621. The monoisotopic (exact) mass is 127 g/mol. The van der Waals surface area contributed by atoms with Crippen molar-refractivity contribution in [2.75, 3.05) is 6.54 Å². The number of allylic oxidation sites excluding steroid dienone is 1. The normalized spacial score (nSPS) is 12.6. The molecule has 2 heteroatoms. The van der Waals surface area contributed by atoms with Crippen LogP contribution in [0.4, 0.5) is 0 Å². The SMILES string of the molecule is C=CCCC(C)CN=O. The van der Waals surface area contributed by atoms with E-state index in [1.807, 2.05) is 13.0 Å². The van der Waals surface area contributed by atoms with Gasteiger partial charge in [0, 0.05) is 0 Å². The van der Waals surface area contributed by atoms with E-state index in [9.17, 15) is 4.91 Å². The Bertz CT molecular complexity index is 90.9. The second kappa shape index (κ2) is 5.48. The molecule has 0 amide bonds. The second-order valence-electron chi connectivity index (χ2n) is 2.28. The van der Waals surface area contributed by atoms with Crippen molar-refractivity contribution in [1.29, 1.82) is 0 Å². The van der Waals surface area contributed by atoms with Gasteiger partial charge in [-0.15, -0.1) is 6.58 Å². The molecule has 0 aromatic heterocycles. The van der Waals surface area contributed by atoms with Gasteiger partial charge in [0.05, 0.1) is 6.54 Å². The third-order valence-electron chi connectivity index (χ3n) is 1.25. The molecule has 0 aromatic rings. The summed E-state index contributed by atoms with van der Waals surface area (Å²) in [7, 11) is 0. The number of nitrogens with zero attached hydrogens (tertiary/aromatic N) is 1. The Balaban J connectivity index is 3.14. The molecule has 0 saturated carbocycles. The Kier molecular flexibility index (Phi) is 5.07. The van der Waals surface area contributed by atoms with Crippen molar-refractivity contribution >= 4 is 0 Å². The molecular formula is C7H13NO. The second-order valence-corrected chi connectivity index (χ2v) is 2.28. The molecule has 0 aliphatic heterocycles. The Morgan fingerprint density at radius 2 is 2.44 bits per heavy atom. The topological polar surface area (TPSA) is 29.4 Å². The van der Waals surface area contributed by atoms with Gasteiger partial charge in [0.25, 0.3) is 0 Å². The zero-order valence-electron chi connectivity index (χ0n) is 5.84. The number of rotatable bonds is 5. The first-order valence-electron chi connectivity index (χ1n) is 3.21. The molecule has 1 unspecified atom stereocenters. The Morgan fingerprint density at radius 3 is 2.89 bits per heavy atom. The van der Waals surface area contributed by atoms with Gasteiger partial charge < -0.3 is 0 Å². The third-order valence-corrected chi connectivity index (χ3v) is 1.25. The minimum absolute atomic E-state index is 0.417. The summed E-state index contributed by atoms with van der Waals surface area (Å²) in [4.78, 5) is 9.70. The van der Waals surface area contributed by atoms with Crippen LogP contribution in [-0.4, -0.2) is 6.54 Å². The fraction of sp³-hybridized carbons (Fsp3) is 0.714. The molecule has 0 fully saturated rings. The first-order valence-corrected chi connectivity index (χ1v) is 3.21. The molecule has 0 saturated heterocycles. The fourth-order valence-electron chi connectivity index (χ4n) is 0.621. The van der Waals surface area contributed by atoms with Gasteiger partial charge >= 0.3 is 0 Å².